The second-order valence-corrected chi connectivity index (χ2v) is 7.55. The van der Waals surface area contributed by atoms with Crippen LogP contribution in [0.1, 0.15) is 63.9 Å². The zero-order valence-corrected chi connectivity index (χ0v) is 17.8. The van der Waals surface area contributed by atoms with E-state index < -0.39 is 4.92 Å². The number of nitro groups is 1. The number of benzene rings is 2. The third-order valence-corrected chi connectivity index (χ3v) is 4.94. The summed E-state index contributed by atoms with van der Waals surface area (Å²) >= 11 is 5.98. The van der Waals surface area contributed by atoms with E-state index in [1.54, 1.807) is 30.3 Å². The van der Waals surface area contributed by atoms with Crippen molar-refractivity contribution in [3.05, 3.63) is 63.2 Å². The van der Waals surface area contributed by atoms with E-state index in [2.05, 4.69) is 6.92 Å². The van der Waals surface area contributed by atoms with Gasteiger partial charge in [0.15, 0.2) is 0 Å². The maximum absolute atomic E-state index is 11.1. The molecule has 0 spiro atoms. The van der Waals surface area contributed by atoms with Crippen molar-refractivity contribution in [3.8, 4) is 11.5 Å². The topological polar surface area (TPSA) is 61.6 Å². The molecule has 0 aromatic heterocycles. The fourth-order valence-corrected chi connectivity index (χ4v) is 3.25. The number of ether oxygens (including phenoxy) is 2. The van der Waals surface area contributed by atoms with Crippen LogP contribution in [0.25, 0.3) is 0 Å². The summed E-state index contributed by atoms with van der Waals surface area (Å²) in [5.74, 6) is 1.23. The van der Waals surface area contributed by atoms with Gasteiger partial charge in [-0.3, -0.25) is 10.1 Å². The van der Waals surface area contributed by atoms with E-state index in [4.69, 9.17) is 21.1 Å². The highest BCUT2D eigenvalue weighted by atomic mass is 35.5. The SMILES string of the molecule is CCCCCCCCCCOc1ccc([N+](=O)[O-])cc1COc1cccc(Cl)c1. The van der Waals surface area contributed by atoms with Crippen LogP contribution in [0.15, 0.2) is 42.5 Å². The first-order valence-corrected chi connectivity index (χ1v) is 10.8. The summed E-state index contributed by atoms with van der Waals surface area (Å²) in [5.41, 5.74) is 0.674. The molecule has 0 N–H and O–H groups in total. The predicted octanol–water partition coefficient (Wildman–Crippen LogP) is 7.35. The van der Waals surface area contributed by atoms with E-state index in [-0.39, 0.29) is 12.3 Å². The maximum atomic E-state index is 11.1. The molecule has 0 heterocycles. The van der Waals surface area contributed by atoms with E-state index in [0.29, 0.717) is 28.7 Å². The van der Waals surface area contributed by atoms with Gasteiger partial charge in [-0.1, -0.05) is 69.5 Å². The Morgan fingerprint density at radius 2 is 1.66 bits per heavy atom. The summed E-state index contributed by atoms with van der Waals surface area (Å²) < 4.78 is 11.7. The largest absolute Gasteiger partial charge is 0.493 e. The average Bonchev–Trinajstić information content (AvgIpc) is 2.71. The van der Waals surface area contributed by atoms with Crippen LogP contribution >= 0.6 is 11.6 Å². The van der Waals surface area contributed by atoms with Crippen molar-refractivity contribution in [2.45, 2.75) is 64.9 Å². The first-order valence-electron chi connectivity index (χ1n) is 10.4. The fourth-order valence-electron chi connectivity index (χ4n) is 3.07. The van der Waals surface area contributed by atoms with Gasteiger partial charge in [-0.15, -0.1) is 0 Å². The van der Waals surface area contributed by atoms with Crippen molar-refractivity contribution < 1.29 is 14.4 Å². The lowest BCUT2D eigenvalue weighted by atomic mass is 10.1. The molecule has 0 aliphatic rings. The van der Waals surface area contributed by atoms with Crippen LogP contribution < -0.4 is 9.47 Å². The molecule has 0 saturated carbocycles. The minimum absolute atomic E-state index is 0.0223. The minimum atomic E-state index is -0.412. The Balaban J connectivity index is 1.85. The summed E-state index contributed by atoms with van der Waals surface area (Å²) in [6.07, 6.45) is 9.82. The first-order chi connectivity index (χ1) is 14.1. The van der Waals surface area contributed by atoms with E-state index in [0.717, 1.165) is 12.8 Å². The van der Waals surface area contributed by atoms with Crippen LogP contribution in [0.3, 0.4) is 0 Å². The number of hydrogen-bond acceptors (Lipinski definition) is 4. The molecule has 0 atom stereocenters. The van der Waals surface area contributed by atoms with Crippen LogP contribution in [0.2, 0.25) is 5.02 Å². The highest BCUT2D eigenvalue weighted by Gasteiger charge is 2.13. The number of hydrogen-bond donors (Lipinski definition) is 0. The van der Waals surface area contributed by atoms with Crippen molar-refractivity contribution >= 4 is 17.3 Å². The Labute approximate surface area is 178 Å². The summed E-state index contributed by atoms with van der Waals surface area (Å²) in [7, 11) is 0. The molecule has 0 bridgehead atoms. The second-order valence-electron chi connectivity index (χ2n) is 7.12. The fraction of sp³-hybridized carbons (Fsp3) is 0.478. The van der Waals surface area contributed by atoms with Gasteiger partial charge in [-0.2, -0.15) is 0 Å². The zero-order valence-electron chi connectivity index (χ0n) is 17.1. The summed E-state index contributed by atoms with van der Waals surface area (Å²) in [5, 5.41) is 11.7. The number of halogens is 1. The van der Waals surface area contributed by atoms with Gasteiger partial charge in [-0.05, 0) is 30.7 Å². The lowest BCUT2D eigenvalue weighted by Crippen LogP contribution is -2.04. The van der Waals surface area contributed by atoms with Crippen LogP contribution in [-0.2, 0) is 6.61 Å². The van der Waals surface area contributed by atoms with Crippen molar-refractivity contribution in [1.29, 1.82) is 0 Å². The van der Waals surface area contributed by atoms with E-state index in [1.807, 2.05) is 0 Å². The summed E-state index contributed by atoms with van der Waals surface area (Å²) in [6, 6.07) is 11.7. The standard InChI is InChI=1S/C23H30ClNO4/c1-2-3-4-5-6-7-8-9-15-28-23-14-13-21(25(26)27)16-19(23)18-29-22-12-10-11-20(24)17-22/h10-14,16-17H,2-9,15,18H2,1H3. The Kier molecular flexibility index (Phi) is 10.4. The molecule has 2 aromatic carbocycles. The van der Waals surface area contributed by atoms with Crippen LogP contribution in [0, 0.1) is 10.1 Å². The minimum Gasteiger partial charge on any atom is -0.493 e. The number of nitrogens with zero attached hydrogens (tertiary/aromatic N) is 1. The molecule has 2 rings (SSSR count). The zero-order chi connectivity index (χ0) is 20.9. The summed E-state index contributed by atoms with van der Waals surface area (Å²) in [6.45, 7) is 3.00. The molecule has 29 heavy (non-hydrogen) atoms. The van der Waals surface area contributed by atoms with Crippen molar-refractivity contribution in [3.63, 3.8) is 0 Å². The molecule has 0 radical (unpaired) electrons. The lowest BCUT2D eigenvalue weighted by molar-refractivity contribution is -0.385. The predicted molar refractivity (Wildman–Crippen MR) is 117 cm³/mol. The molecule has 158 valence electrons. The quantitative estimate of drug-likeness (QED) is 0.182. The third kappa shape index (κ3) is 8.73. The first kappa shape index (κ1) is 23.0. The average molecular weight is 420 g/mol. The van der Waals surface area contributed by atoms with E-state index in [9.17, 15) is 10.1 Å². The van der Waals surface area contributed by atoms with Gasteiger partial charge in [-0.25, -0.2) is 0 Å². The molecular formula is C23H30ClNO4. The van der Waals surface area contributed by atoms with E-state index in [1.165, 1.54) is 50.7 Å². The number of rotatable bonds is 14. The molecular weight excluding hydrogens is 390 g/mol. The Morgan fingerprint density at radius 1 is 0.931 bits per heavy atom. The highest BCUT2D eigenvalue weighted by molar-refractivity contribution is 6.30. The molecule has 5 nitrogen and oxygen atoms in total. The molecule has 0 unspecified atom stereocenters. The van der Waals surface area contributed by atoms with Crippen molar-refractivity contribution in [1.82, 2.24) is 0 Å². The van der Waals surface area contributed by atoms with Gasteiger partial charge in [0.2, 0.25) is 0 Å². The van der Waals surface area contributed by atoms with Crippen LogP contribution in [-0.4, -0.2) is 11.5 Å². The smallest absolute Gasteiger partial charge is 0.270 e. The maximum Gasteiger partial charge on any atom is 0.270 e. The van der Waals surface area contributed by atoms with Gasteiger partial charge in [0, 0.05) is 22.7 Å². The third-order valence-electron chi connectivity index (χ3n) is 4.70. The molecule has 0 saturated heterocycles. The van der Waals surface area contributed by atoms with Gasteiger partial charge in [0.25, 0.3) is 5.69 Å². The van der Waals surface area contributed by atoms with Gasteiger partial charge < -0.3 is 9.47 Å². The van der Waals surface area contributed by atoms with Crippen molar-refractivity contribution in [2.24, 2.45) is 0 Å². The van der Waals surface area contributed by atoms with Crippen molar-refractivity contribution in [2.75, 3.05) is 6.61 Å². The number of unbranched alkanes of at least 4 members (excludes halogenated alkanes) is 7. The molecule has 0 aliphatic heterocycles. The van der Waals surface area contributed by atoms with Gasteiger partial charge >= 0.3 is 0 Å². The van der Waals surface area contributed by atoms with Gasteiger partial charge in [0.05, 0.1) is 11.5 Å². The molecule has 0 aliphatic carbocycles. The molecule has 0 fully saturated rings. The normalized spacial score (nSPS) is 10.7. The molecule has 6 heteroatoms. The highest BCUT2D eigenvalue weighted by Crippen LogP contribution is 2.27. The number of nitro benzene ring substituents is 1. The monoisotopic (exact) mass is 419 g/mol. The molecule has 0 amide bonds. The van der Waals surface area contributed by atoms with Crippen LogP contribution in [0.5, 0.6) is 11.5 Å². The van der Waals surface area contributed by atoms with E-state index >= 15 is 0 Å². The van der Waals surface area contributed by atoms with Crippen LogP contribution in [0.4, 0.5) is 5.69 Å². The summed E-state index contributed by atoms with van der Waals surface area (Å²) in [4.78, 5) is 10.7. The number of non-ortho nitro benzene ring substituents is 1. The Bertz CT molecular complexity index is 766. The van der Waals surface area contributed by atoms with Gasteiger partial charge in [0.1, 0.15) is 18.1 Å². The Hall–Kier alpha value is -2.27. The Morgan fingerprint density at radius 3 is 2.34 bits per heavy atom. The second kappa shape index (κ2) is 13.0. The lowest BCUT2D eigenvalue weighted by Gasteiger charge is -2.13. The molecule has 2 aromatic rings.